The number of nitrogens with one attached hydrogen (secondary N) is 2. The SMILES string of the molecule is CNC(=O)c1ccc(NC(=O)COC(=O)[C@@H]2CCCO2)cc1. The number of amides is 2. The molecule has 7 nitrogen and oxygen atoms in total. The monoisotopic (exact) mass is 306 g/mol. The lowest BCUT2D eigenvalue weighted by molar-refractivity contribution is -0.156. The average Bonchev–Trinajstić information content (AvgIpc) is 3.07. The second-order valence-corrected chi connectivity index (χ2v) is 4.81. The third-order valence-electron chi connectivity index (χ3n) is 3.20. The number of benzene rings is 1. The molecule has 0 aromatic heterocycles. The van der Waals surface area contributed by atoms with Gasteiger partial charge in [0.25, 0.3) is 11.8 Å². The van der Waals surface area contributed by atoms with Gasteiger partial charge >= 0.3 is 5.97 Å². The average molecular weight is 306 g/mol. The van der Waals surface area contributed by atoms with Gasteiger partial charge in [-0.25, -0.2) is 4.79 Å². The number of esters is 1. The van der Waals surface area contributed by atoms with Crippen molar-refractivity contribution < 1.29 is 23.9 Å². The van der Waals surface area contributed by atoms with Crippen molar-refractivity contribution >= 4 is 23.5 Å². The highest BCUT2D eigenvalue weighted by Gasteiger charge is 2.25. The van der Waals surface area contributed by atoms with E-state index in [1.165, 1.54) is 0 Å². The lowest BCUT2D eigenvalue weighted by atomic mass is 10.2. The van der Waals surface area contributed by atoms with Crippen molar-refractivity contribution in [3.8, 4) is 0 Å². The zero-order valence-electron chi connectivity index (χ0n) is 12.3. The van der Waals surface area contributed by atoms with Crippen LogP contribution in [0.3, 0.4) is 0 Å². The molecule has 0 unspecified atom stereocenters. The number of carbonyl (C=O) groups is 3. The minimum absolute atomic E-state index is 0.205. The van der Waals surface area contributed by atoms with Gasteiger partial charge in [-0.15, -0.1) is 0 Å². The van der Waals surface area contributed by atoms with E-state index in [1.807, 2.05) is 0 Å². The summed E-state index contributed by atoms with van der Waals surface area (Å²) in [7, 11) is 1.54. The molecule has 2 N–H and O–H groups in total. The zero-order chi connectivity index (χ0) is 15.9. The number of hydrogen-bond donors (Lipinski definition) is 2. The molecule has 0 saturated carbocycles. The molecular weight excluding hydrogens is 288 g/mol. The van der Waals surface area contributed by atoms with Crippen LogP contribution in [0.15, 0.2) is 24.3 Å². The van der Waals surface area contributed by atoms with Gasteiger partial charge in [-0.1, -0.05) is 0 Å². The maximum absolute atomic E-state index is 11.7. The summed E-state index contributed by atoms with van der Waals surface area (Å²) in [4.78, 5) is 34.7. The fraction of sp³-hybridized carbons (Fsp3) is 0.400. The van der Waals surface area contributed by atoms with Gasteiger partial charge in [0.05, 0.1) is 0 Å². The van der Waals surface area contributed by atoms with Crippen LogP contribution in [-0.4, -0.2) is 44.1 Å². The van der Waals surface area contributed by atoms with E-state index >= 15 is 0 Å². The van der Waals surface area contributed by atoms with Crippen LogP contribution in [0.2, 0.25) is 0 Å². The number of carbonyl (C=O) groups excluding carboxylic acids is 3. The van der Waals surface area contributed by atoms with Crippen LogP contribution in [0.4, 0.5) is 5.69 Å². The van der Waals surface area contributed by atoms with Crippen molar-refractivity contribution in [2.24, 2.45) is 0 Å². The van der Waals surface area contributed by atoms with Gasteiger partial charge < -0.3 is 20.1 Å². The molecule has 0 radical (unpaired) electrons. The zero-order valence-corrected chi connectivity index (χ0v) is 12.3. The van der Waals surface area contributed by atoms with Crippen LogP contribution in [0.25, 0.3) is 0 Å². The van der Waals surface area contributed by atoms with Crippen molar-refractivity contribution in [2.45, 2.75) is 18.9 Å². The molecule has 0 bridgehead atoms. The van der Waals surface area contributed by atoms with Crippen LogP contribution in [-0.2, 0) is 19.1 Å². The lowest BCUT2D eigenvalue weighted by Gasteiger charge is -2.10. The summed E-state index contributed by atoms with van der Waals surface area (Å²) >= 11 is 0. The molecule has 7 heteroatoms. The minimum Gasteiger partial charge on any atom is -0.454 e. The first kappa shape index (κ1) is 16.0. The first-order chi connectivity index (χ1) is 10.6. The van der Waals surface area contributed by atoms with Crippen molar-refractivity contribution in [1.29, 1.82) is 0 Å². The molecule has 0 aliphatic carbocycles. The molecule has 22 heavy (non-hydrogen) atoms. The standard InChI is InChI=1S/C15H18N2O5/c1-16-14(19)10-4-6-11(7-5-10)17-13(18)9-22-15(20)12-3-2-8-21-12/h4-7,12H,2-3,8-9H2,1H3,(H,16,19)(H,17,18)/t12-/m0/s1. The molecule has 2 rings (SSSR count). The molecule has 1 heterocycles. The Kier molecular flexibility index (Phi) is 5.48. The third kappa shape index (κ3) is 4.29. The van der Waals surface area contributed by atoms with Gasteiger partial charge in [0.2, 0.25) is 0 Å². The maximum atomic E-state index is 11.7. The van der Waals surface area contributed by atoms with E-state index in [2.05, 4.69) is 10.6 Å². The van der Waals surface area contributed by atoms with Crippen LogP contribution < -0.4 is 10.6 Å². The number of anilines is 1. The van der Waals surface area contributed by atoms with Crippen LogP contribution in [0, 0.1) is 0 Å². The molecular formula is C15H18N2O5. The molecule has 118 valence electrons. The topological polar surface area (TPSA) is 93.7 Å². The smallest absolute Gasteiger partial charge is 0.335 e. The summed E-state index contributed by atoms with van der Waals surface area (Å²) < 4.78 is 10.1. The Balaban J connectivity index is 1.79. The summed E-state index contributed by atoms with van der Waals surface area (Å²) in [6, 6.07) is 6.38. The van der Waals surface area contributed by atoms with Crippen molar-refractivity contribution in [1.82, 2.24) is 5.32 Å². The Bertz CT molecular complexity index is 550. The highest BCUT2D eigenvalue weighted by molar-refractivity contribution is 5.96. The molecule has 1 fully saturated rings. The largest absolute Gasteiger partial charge is 0.454 e. The van der Waals surface area contributed by atoms with Gasteiger partial charge in [-0.2, -0.15) is 0 Å². The van der Waals surface area contributed by atoms with E-state index in [0.717, 1.165) is 6.42 Å². The summed E-state index contributed by atoms with van der Waals surface area (Å²) in [5.74, 6) is -1.16. The van der Waals surface area contributed by atoms with Crippen LogP contribution in [0.1, 0.15) is 23.2 Å². The van der Waals surface area contributed by atoms with E-state index in [0.29, 0.717) is 24.3 Å². The van der Waals surface area contributed by atoms with Gasteiger partial charge in [0.1, 0.15) is 0 Å². The molecule has 2 amide bonds. The van der Waals surface area contributed by atoms with Crippen LogP contribution >= 0.6 is 0 Å². The van der Waals surface area contributed by atoms with Gasteiger partial charge in [0, 0.05) is 24.9 Å². The summed E-state index contributed by atoms with van der Waals surface area (Å²) in [6.07, 6.45) is 0.894. The number of rotatable bonds is 5. The fourth-order valence-electron chi connectivity index (χ4n) is 2.04. The lowest BCUT2D eigenvalue weighted by Crippen LogP contribution is -2.27. The van der Waals surface area contributed by atoms with E-state index in [9.17, 15) is 14.4 Å². The summed E-state index contributed by atoms with van der Waals surface area (Å²) in [5.41, 5.74) is 1.01. The highest BCUT2D eigenvalue weighted by Crippen LogP contribution is 2.13. The Hall–Kier alpha value is -2.41. The molecule has 1 aliphatic rings. The fourth-order valence-corrected chi connectivity index (χ4v) is 2.04. The summed E-state index contributed by atoms with van der Waals surface area (Å²) in [6.45, 7) is 0.180. The van der Waals surface area contributed by atoms with Gasteiger partial charge in [0.15, 0.2) is 12.7 Å². The Labute approximate surface area is 128 Å². The van der Waals surface area contributed by atoms with Crippen molar-refractivity contribution in [3.63, 3.8) is 0 Å². The van der Waals surface area contributed by atoms with E-state index in [1.54, 1.807) is 31.3 Å². The number of hydrogen-bond acceptors (Lipinski definition) is 5. The minimum atomic E-state index is -0.556. The van der Waals surface area contributed by atoms with E-state index < -0.39 is 18.0 Å². The second kappa shape index (κ2) is 7.56. The Morgan fingerprint density at radius 3 is 2.59 bits per heavy atom. The first-order valence-electron chi connectivity index (χ1n) is 7.00. The van der Waals surface area contributed by atoms with E-state index in [4.69, 9.17) is 9.47 Å². The van der Waals surface area contributed by atoms with Crippen LogP contribution in [0.5, 0.6) is 0 Å². The predicted octanol–water partition coefficient (Wildman–Crippen LogP) is 0.707. The first-order valence-corrected chi connectivity index (χ1v) is 7.00. The predicted molar refractivity (Wildman–Crippen MR) is 78.4 cm³/mol. The van der Waals surface area contributed by atoms with Crippen molar-refractivity contribution in [3.05, 3.63) is 29.8 Å². The molecule has 0 spiro atoms. The van der Waals surface area contributed by atoms with Gasteiger partial charge in [-0.3, -0.25) is 9.59 Å². The molecule has 1 saturated heterocycles. The molecule has 1 aliphatic heterocycles. The van der Waals surface area contributed by atoms with Crippen molar-refractivity contribution in [2.75, 3.05) is 25.6 Å². The Morgan fingerprint density at radius 1 is 1.27 bits per heavy atom. The molecule has 1 aromatic rings. The molecule has 1 atom stereocenters. The van der Waals surface area contributed by atoms with E-state index in [-0.39, 0.29) is 12.5 Å². The second-order valence-electron chi connectivity index (χ2n) is 4.81. The maximum Gasteiger partial charge on any atom is 0.335 e. The third-order valence-corrected chi connectivity index (χ3v) is 3.20. The summed E-state index contributed by atoms with van der Waals surface area (Å²) in [5, 5.41) is 5.09. The quantitative estimate of drug-likeness (QED) is 0.781. The normalized spacial score (nSPS) is 16.9. The number of ether oxygens (including phenoxy) is 2. The van der Waals surface area contributed by atoms with Gasteiger partial charge in [-0.05, 0) is 37.1 Å². The molecule has 1 aromatic carbocycles. The highest BCUT2D eigenvalue weighted by atomic mass is 16.6. The Morgan fingerprint density at radius 2 is 2.00 bits per heavy atom.